The summed E-state index contributed by atoms with van der Waals surface area (Å²) < 4.78 is 4.87. The molecule has 3 aliphatic carbocycles. The minimum absolute atomic E-state index is 0.0863. The van der Waals surface area contributed by atoms with Crippen LogP contribution in [0.15, 0.2) is 41.7 Å². The second-order valence-electron chi connectivity index (χ2n) is 7.25. The summed E-state index contributed by atoms with van der Waals surface area (Å²) >= 11 is 0. The highest BCUT2D eigenvalue weighted by atomic mass is 16.5. The predicted molar refractivity (Wildman–Crippen MR) is 88.4 cm³/mol. The van der Waals surface area contributed by atoms with Crippen LogP contribution < -0.4 is 0 Å². The minimum Gasteiger partial charge on any atom is -0.511 e. The number of hydrogen-bond donors (Lipinski definition) is 1. The van der Waals surface area contributed by atoms with Crippen LogP contribution in [0.3, 0.4) is 0 Å². The lowest BCUT2D eigenvalue weighted by molar-refractivity contribution is -0.136. The number of ether oxygens (including phenoxy) is 1. The molecule has 4 atom stereocenters. The van der Waals surface area contributed by atoms with Crippen molar-refractivity contribution in [3.63, 3.8) is 0 Å². The van der Waals surface area contributed by atoms with E-state index in [1.165, 1.54) is 7.11 Å². The maximum absolute atomic E-state index is 12.8. The van der Waals surface area contributed by atoms with Crippen molar-refractivity contribution in [2.45, 2.75) is 38.0 Å². The van der Waals surface area contributed by atoms with Crippen molar-refractivity contribution in [2.24, 2.45) is 17.3 Å². The van der Waals surface area contributed by atoms with Crippen molar-refractivity contribution in [3.05, 3.63) is 47.2 Å². The SMILES string of the molecule is COC(=O)C1=C(O)[C@@H]2[C@H]([C@H](c3ccccc3)C1)[C@]21CCCCC1=O. The fourth-order valence-electron chi connectivity index (χ4n) is 5.21. The number of esters is 1. The number of aliphatic hydroxyl groups is 1. The molecule has 4 nitrogen and oxygen atoms in total. The van der Waals surface area contributed by atoms with Gasteiger partial charge in [-0.15, -0.1) is 0 Å². The first kappa shape index (κ1) is 15.4. The number of ketones is 1. The number of Topliss-reactive ketones (excluding diaryl/α,β-unsaturated/α-hetero) is 1. The van der Waals surface area contributed by atoms with Crippen LogP contribution in [0, 0.1) is 17.3 Å². The van der Waals surface area contributed by atoms with Gasteiger partial charge in [0.1, 0.15) is 11.5 Å². The van der Waals surface area contributed by atoms with Gasteiger partial charge in [-0.1, -0.05) is 36.8 Å². The number of carbonyl (C=O) groups excluding carboxylic acids is 2. The Morgan fingerprint density at radius 3 is 2.67 bits per heavy atom. The molecule has 0 heterocycles. The summed E-state index contributed by atoms with van der Waals surface area (Å²) in [6.45, 7) is 0. The highest BCUT2D eigenvalue weighted by Gasteiger charge is 2.74. The zero-order chi connectivity index (χ0) is 16.9. The van der Waals surface area contributed by atoms with Crippen LogP contribution in [-0.4, -0.2) is 24.0 Å². The lowest BCUT2D eigenvalue weighted by atomic mass is 9.78. The van der Waals surface area contributed by atoms with Gasteiger partial charge in [0.15, 0.2) is 0 Å². The largest absolute Gasteiger partial charge is 0.511 e. The van der Waals surface area contributed by atoms with Gasteiger partial charge in [0, 0.05) is 17.8 Å². The predicted octanol–water partition coefficient (Wildman–Crippen LogP) is 3.53. The van der Waals surface area contributed by atoms with E-state index in [4.69, 9.17) is 4.74 Å². The van der Waals surface area contributed by atoms with E-state index in [0.717, 1.165) is 24.8 Å². The van der Waals surface area contributed by atoms with E-state index in [2.05, 4.69) is 12.1 Å². The summed E-state index contributed by atoms with van der Waals surface area (Å²) in [6, 6.07) is 10.0. The summed E-state index contributed by atoms with van der Waals surface area (Å²) in [5, 5.41) is 10.7. The number of methoxy groups -OCH3 is 1. The Hall–Kier alpha value is -2.10. The minimum atomic E-state index is -0.475. The Labute approximate surface area is 141 Å². The van der Waals surface area contributed by atoms with Crippen molar-refractivity contribution in [1.82, 2.24) is 0 Å². The molecule has 126 valence electrons. The number of hydrogen-bond acceptors (Lipinski definition) is 4. The van der Waals surface area contributed by atoms with Crippen LogP contribution in [0.2, 0.25) is 0 Å². The Morgan fingerprint density at radius 2 is 2.00 bits per heavy atom. The van der Waals surface area contributed by atoms with Gasteiger partial charge in [0.05, 0.1) is 12.7 Å². The lowest BCUT2D eigenvalue weighted by Crippen LogP contribution is -2.25. The molecular formula is C20H22O4. The normalized spacial score (nSPS) is 34.9. The number of allylic oxidation sites excluding steroid dienone is 1. The van der Waals surface area contributed by atoms with Gasteiger partial charge >= 0.3 is 5.97 Å². The summed E-state index contributed by atoms with van der Waals surface area (Å²) in [5.41, 5.74) is 1.03. The zero-order valence-corrected chi connectivity index (χ0v) is 13.8. The van der Waals surface area contributed by atoms with Crippen LogP contribution in [0.1, 0.15) is 43.6 Å². The molecule has 0 bridgehead atoms. The van der Waals surface area contributed by atoms with E-state index >= 15 is 0 Å². The lowest BCUT2D eigenvalue weighted by Gasteiger charge is -2.25. The topological polar surface area (TPSA) is 63.6 Å². The number of aliphatic hydroxyl groups excluding tert-OH is 1. The van der Waals surface area contributed by atoms with Gasteiger partial charge in [-0.05, 0) is 36.7 Å². The summed E-state index contributed by atoms with van der Waals surface area (Å²) in [4.78, 5) is 24.9. The van der Waals surface area contributed by atoms with Gasteiger partial charge in [0.2, 0.25) is 0 Å². The summed E-state index contributed by atoms with van der Waals surface area (Å²) in [7, 11) is 1.33. The molecule has 0 aromatic heterocycles. The average Bonchev–Trinajstić information content (AvgIpc) is 3.28. The average molecular weight is 326 g/mol. The molecule has 0 unspecified atom stereocenters. The molecule has 3 aliphatic rings. The number of carbonyl (C=O) groups is 2. The van der Waals surface area contributed by atoms with E-state index in [1.54, 1.807) is 0 Å². The van der Waals surface area contributed by atoms with Crippen LogP contribution in [0.25, 0.3) is 0 Å². The first-order chi connectivity index (χ1) is 11.6. The Morgan fingerprint density at radius 1 is 1.25 bits per heavy atom. The zero-order valence-electron chi connectivity index (χ0n) is 13.8. The van der Waals surface area contributed by atoms with Crippen LogP contribution in [-0.2, 0) is 14.3 Å². The maximum atomic E-state index is 12.8. The van der Waals surface area contributed by atoms with E-state index in [9.17, 15) is 14.7 Å². The second kappa shape index (κ2) is 5.47. The molecule has 4 rings (SSSR count). The molecule has 0 saturated heterocycles. The van der Waals surface area contributed by atoms with Gasteiger partial charge in [-0.25, -0.2) is 4.79 Å². The molecule has 24 heavy (non-hydrogen) atoms. The molecule has 2 saturated carbocycles. The highest BCUT2D eigenvalue weighted by molar-refractivity contribution is 5.94. The molecule has 1 aromatic rings. The van der Waals surface area contributed by atoms with E-state index in [1.807, 2.05) is 18.2 Å². The van der Waals surface area contributed by atoms with Gasteiger partial charge in [-0.3, -0.25) is 4.79 Å². The first-order valence-corrected chi connectivity index (χ1v) is 8.70. The molecule has 1 spiro atoms. The molecular weight excluding hydrogens is 304 g/mol. The van der Waals surface area contributed by atoms with E-state index in [0.29, 0.717) is 18.4 Å². The smallest absolute Gasteiger partial charge is 0.337 e. The Kier molecular flexibility index (Phi) is 3.52. The molecule has 1 N–H and O–H groups in total. The fourth-order valence-corrected chi connectivity index (χ4v) is 5.21. The highest BCUT2D eigenvalue weighted by Crippen LogP contribution is 2.74. The van der Waals surface area contributed by atoms with Gasteiger partial charge < -0.3 is 9.84 Å². The van der Waals surface area contributed by atoms with Gasteiger partial charge in [0.25, 0.3) is 0 Å². The molecule has 0 radical (unpaired) electrons. The van der Waals surface area contributed by atoms with Gasteiger partial charge in [-0.2, -0.15) is 0 Å². The number of rotatable bonds is 2. The van der Waals surface area contributed by atoms with Crippen molar-refractivity contribution in [3.8, 4) is 0 Å². The third kappa shape index (κ3) is 1.98. The summed E-state index contributed by atoms with van der Waals surface area (Å²) in [5.74, 6) is -0.114. The fraction of sp³-hybridized carbons (Fsp3) is 0.500. The molecule has 0 aliphatic heterocycles. The number of benzene rings is 1. The van der Waals surface area contributed by atoms with E-state index in [-0.39, 0.29) is 29.3 Å². The van der Waals surface area contributed by atoms with Crippen molar-refractivity contribution >= 4 is 11.8 Å². The van der Waals surface area contributed by atoms with Crippen molar-refractivity contribution in [1.29, 1.82) is 0 Å². The molecule has 2 fully saturated rings. The first-order valence-electron chi connectivity index (χ1n) is 8.70. The van der Waals surface area contributed by atoms with E-state index < -0.39 is 11.4 Å². The standard InChI is InChI=1S/C20H22O4/c1-24-19(23)14-11-13(12-7-3-2-4-8-12)16-17(18(14)22)20(16)10-6-5-9-15(20)21/h2-4,7-8,13,16-17,22H,5-6,9-11H2,1H3/t13-,16-,17-,20+/m0/s1. The van der Waals surface area contributed by atoms with Crippen LogP contribution in [0.4, 0.5) is 0 Å². The summed E-state index contributed by atoms with van der Waals surface area (Å²) in [6.07, 6.45) is 3.81. The number of fused-ring (bicyclic) bond motifs is 3. The molecule has 0 amide bonds. The quantitative estimate of drug-likeness (QED) is 0.845. The Bertz CT molecular complexity index is 720. The molecule has 1 aromatic carbocycles. The monoisotopic (exact) mass is 326 g/mol. The Balaban J connectivity index is 1.80. The third-order valence-corrected chi connectivity index (χ3v) is 6.28. The van der Waals surface area contributed by atoms with Crippen LogP contribution in [0.5, 0.6) is 0 Å². The maximum Gasteiger partial charge on any atom is 0.337 e. The van der Waals surface area contributed by atoms with Crippen LogP contribution >= 0.6 is 0 Å². The third-order valence-electron chi connectivity index (χ3n) is 6.28. The van der Waals surface area contributed by atoms with Crippen molar-refractivity contribution in [2.75, 3.05) is 7.11 Å². The second-order valence-corrected chi connectivity index (χ2v) is 7.25. The van der Waals surface area contributed by atoms with Crippen molar-refractivity contribution < 1.29 is 19.4 Å². The molecule has 4 heteroatoms.